The highest BCUT2D eigenvalue weighted by Crippen LogP contribution is 2.33. The number of para-hydroxylation sites is 1. The van der Waals surface area contributed by atoms with Gasteiger partial charge >= 0.3 is 6.03 Å². The van der Waals surface area contributed by atoms with Gasteiger partial charge < -0.3 is 9.64 Å². The third kappa shape index (κ3) is 3.92. The van der Waals surface area contributed by atoms with Crippen molar-refractivity contribution in [2.45, 2.75) is 45.3 Å². The highest BCUT2D eigenvalue weighted by Gasteiger charge is 2.32. The van der Waals surface area contributed by atoms with E-state index >= 15 is 0 Å². The molecule has 1 N–H and O–H groups in total. The lowest BCUT2D eigenvalue weighted by molar-refractivity contribution is 0.0835. The number of nitrogens with one attached hydrogen (secondary N) is 1. The highest BCUT2D eigenvalue weighted by molar-refractivity contribution is 7.09. The quantitative estimate of drug-likeness (QED) is 0.908. The molecule has 6 nitrogen and oxygen atoms in total. The molecular weight excluding hydrogens is 336 g/mol. The van der Waals surface area contributed by atoms with Crippen molar-refractivity contribution in [3.05, 3.63) is 35.7 Å². The Labute approximate surface area is 151 Å². The van der Waals surface area contributed by atoms with Crippen LogP contribution < -0.4 is 10.1 Å². The topological polar surface area (TPSA) is 67.4 Å². The molecule has 0 unspecified atom stereocenters. The van der Waals surface area contributed by atoms with Gasteiger partial charge in [0.15, 0.2) is 0 Å². The molecule has 0 atom stereocenters. The Morgan fingerprint density at radius 1 is 1.40 bits per heavy atom. The molecule has 2 amide bonds. The molecule has 1 fully saturated rings. The van der Waals surface area contributed by atoms with Crippen molar-refractivity contribution in [1.82, 2.24) is 14.3 Å². The molecular formula is C18H22N4O2S. The zero-order valence-electron chi connectivity index (χ0n) is 14.5. The van der Waals surface area contributed by atoms with Gasteiger partial charge in [0.05, 0.1) is 13.1 Å². The maximum absolute atomic E-state index is 12.8. The lowest BCUT2D eigenvalue weighted by atomic mass is 10.1. The van der Waals surface area contributed by atoms with Crippen molar-refractivity contribution in [3.8, 4) is 5.75 Å². The number of anilines is 1. The second kappa shape index (κ2) is 6.29. The first-order valence-electron chi connectivity index (χ1n) is 8.64. The number of aromatic nitrogens is 2. The molecule has 25 heavy (non-hydrogen) atoms. The normalized spacial score (nSPS) is 18.9. The molecule has 2 aliphatic rings. The number of carbonyl (C=O) groups is 1. The number of urea groups is 1. The first kappa shape index (κ1) is 16.3. The van der Waals surface area contributed by atoms with Crippen LogP contribution in [0.4, 0.5) is 9.93 Å². The Hall–Kier alpha value is -2.15. The average molecular weight is 358 g/mol. The molecule has 0 spiro atoms. The number of hydrogen-bond donors (Lipinski definition) is 1. The average Bonchev–Trinajstić information content (AvgIpc) is 3.28. The van der Waals surface area contributed by atoms with E-state index in [0.717, 1.165) is 29.5 Å². The van der Waals surface area contributed by atoms with Gasteiger partial charge in [0.1, 0.15) is 17.2 Å². The molecule has 2 heterocycles. The minimum atomic E-state index is -0.456. The number of benzene rings is 1. The Bertz CT molecular complexity index is 785. The maximum atomic E-state index is 12.8. The van der Waals surface area contributed by atoms with Gasteiger partial charge in [0.25, 0.3) is 0 Å². The highest BCUT2D eigenvalue weighted by atomic mass is 32.1. The molecule has 7 heteroatoms. The molecule has 132 valence electrons. The summed E-state index contributed by atoms with van der Waals surface area (Å²) >= 11 is 1.25. The fraction of sp³-hybridized carbons (Fsp3) is 0.500. The summed E-state index contributed by atoms with van der Waals surface area (Å²) in [6, 6.07) is 7.70. The number of rotatable bonds is 3. The van der Waals surface area contributed by atoms with E-state index in [2.05, 4.69) is 14.7 Å². The monoisotopic (exact) mass is 358 g/mol. The van der Waals surface area contributed by atoms with Crippen LogP contribution in [0.15, 0.2) is 24.3 Å². The van der Waals surface area contributed by atoms with E-state index in [9.17, 15) is 4.79 Å². The minimum absolute atomic E-state index is 0.164. The fourth-order valence-electron chi connectivity index (χ4n) is 3.07. The van der Waals surface area contributed by atoms with Crippen molar-refractivity contribution in [3.63, 3.8) is 0 Å². The van der Waals surface area contributed by atoms with E-state index in [1.165, 1.54) is 24.4 Å². The minimum Gasteiger partial charge on any atom is -0.486 e. The summed E-state index contributed by atoms with van der Waals surface area (Å²) in [6.45, 7) is 5.00. The summed E-state index contributed by atoms with van der Waals surface area (Å²) < 4.78 is 10.4. The number of fused-ring (bicyclic) bond motifs is 1. The van der Waals surface area contributed by atoms with Gasteiger partial charge in [0.2, 0.25) is 5.13 Å². The third-order valence-electron chi connectivity index (χ3n) is 4.43. The summed E-state index contributed by atoms with van der Waals surface area (Å²) in [5.74, 6) is 2.41. The summed E-state index contributed by atoms with van der Waals surface area (Å²) in [7, 11) is 0. The van der Waals surface area contributed by atoms with Gasteiger partial charge in [-0.15, -0.1) is 0 Å². The number of hydrogen-bond acceptors (Lipinski definition) is 5. The molecule has 1 aromatic carbocycles. The zero-order chi connectivity index (χ0) is 17.4. The standard InChI is InChI=1S/C18H22N4O2S/c1-18(2)11-22(10-13-5-3-4-6-14(13)24-18)17(23)20-16-19-15(21-25-16)9-12-7-8-12/h3-6,12H,7-11H2,1-2H3,(H,19,20,21,23). The predicted octanol–water partition coefficient (Wildman–Crippen LogP) is 3.70. The van der Waals surface area contributed by atoms with Gasteiger partial charge in [-0.1, -0.05) is 18.2 Å². The Morgan fingerprint density at radius 3 is 3.00 bits per heavy atom. The zero-order valence-corrected chi connectivity index (χ0v) is 15.3. The molecule has 2 aromatic rings. The van der Waals surface area contributed by atoms with Gasteiger partial charge in [-0.05, 0) is 38.7 Å². The van der Waals surface area contributed by atoms with Gasteiger partial charge in [-0.3, -0.25) is 5.32 Å². The largest absolute Gasteiger partial charge is 0.486 e. The smallest absolute Gasteiger partial charge is 0.324 e. The predicted molar refractivity (Wildman–Crippen MR) is 96.9 cm³/mol. The summed E-state index contributed by atoms with van der Waals surface area (Å²) in [5.41, 5.74) is 0.553. The van der Waals surface area contributed by atoms with Crippen molar-refractivity contribution in [2.75, 3.05) is 11.9 Å². The number of amides is 2. The SMILES string of the molecule is CC1(C)CN(C(=O)Nc2nc(CC3CC3)ns2)Cc2ccccc2O1. The van der Waals surface area contributed by atoms with Crippen LogP contribution in [-0.4, -0.2) is 32.4 Å². The molecule has 1 saturated carbocycles. The van der Waals surface area contributed by atoms with E-state index in [0.29, 0.717) is 18.2 Å². The Kier molecular flexibility index (Phi) is 4.11. The van der Waals surface area contributed by atoms with Crippen LogP contribution in [0.3, 0.4) is 0 Å². The second-order valence-corrected chi connectivity index (χ2v) is 8.17. The maximum Gasteiger partial charge on any atom is 0.324 e. The van der Waals surface area contributed by atoms with Crippen LogP contribution in [0.25, 0.3) is 0 Å². The van der Waals surface area contributed by atoms with Crippen LogP contribution in [-0.2, 0) is 13.0 Å². The lowest BCUT2D eigenvalue weighted by Crippen LogP contribution is -2.44. The number of carbonyl (C=O) groups excluding carboxylic acids is 1. The van der Waals surface area contributed by atoms with Crippen LogP contribution >= 0.6 is 11.5 Å². The van der Waals surface area contributed by atoms with E-state index in [4.69, 9.17) is 4.74 Å². The molecule has 1 aromatic heterocycles. The van der Waals surface area contributed by atoms with Crippen molar-refractivity contribution >= 4 is 22.7 Å². The molecule has 0 radical (unpaired) electrons. The summed E-state index contributed by atoms with van der Waals surface area (Å²) in [5, 5.41) is 3.46. The molecule has 1 aliphatic carbocycles. The van der Waals surface area contributed by atoms with E-state index < -0.39 is 5.60 Å². The summed E-state index contributed by atoms with van der Waals surface area (Å²) in [4.78, 5) is 19.0. The van der Waals surface area contributed by atoms with Gasteiger partial charge in [-0.25, -0.2) is 9.78 Å². The van der Waals surface area contributed by atoms with Crippen molar-refractivity contribution in [2.24, 2.45) is 5.92 Å². The van der Waals surface area contributed by atoms with Crippen LogP contribution in [0.5, 0.6) is 5.75 Å². The fourth-order valence-corrected chi connectivity index (χ4v) is 3.65. The van der Waals surface area contributed by atoms with E-state index in [1.54, 1.807) is 4.90 Å². The molecule has 1 aliphatic heterocycles. The van der Waals surface area contributed by atoms with E-state index in [1.807, 2.05) is 38.1 Å². The third-order valence-corrected chi connectivity index (χ3v) is 5.10. The Morgan fingerprint density at radius 2 is 2.20 bits per heavy atom. The molecule has 4 rings (SSSR count). The van der Waals surface area contributed by atoms with Crippen LogP contribution in [0.2, 0.25) is 0 Å². The van der Waals surface area contributed by atoms with Gasteiger partial charge in [0, 0.05) is 23.5 Å². The van der Waals surface area contributed by atoms with Gasteiger partial charge in [-0.2, -0.15) is 4.37 Å². The summed E-state index contributed by atoms with van der Waals surface area (Å²) in [6.07, 6.45) is 3.46. The number of nitrogens with zero attached hydrogens (tertiary/aromatic N) is 3. The van der Waals surface area contributed by atoms with Crippen molar-refractivity contribution < 1.29 is 9.53 Å². The second-order valence-electron chi connectivity index (χ2n) is 7.42. The first-order chi connectivity index (χ1) is 12.0. The molecule has 0 saturated heterocycles. The first-order valence-corrected chi connectivity index (χ1v) is 9.41. The lowest BCUT2D eigenvalue weighted by Gasteiger charge is -2.29. The van der Waals surface area contributed by atoms with Crippen molar-refractivity contribution in [1.29, 1.82) is 0 Å². The number of ether oxygens (including phenoxy) is 1. The van der Waals surface area contributed by atoms with Crippen LogP contribution in [0.1, 0.15) is 38.1 Å². The van der Waals surface area contributed by atoms with E-state index in [-0.39, 0.29) is 6.03 Å². The molecule has 0 bridgehead atoms. The Balaban J connectivity index is 1.47. The van der Waals surface area contributed by atoms with Crippen LogP contribution in [0, 0.1) is 5.92 Å².